The molecule has 1 atom stereocenters. The lowest BCUT2D eigenvalue weighted by Gasteiger charge is -2.11. The predicted molar refractivity (Wildman–Crippen MR) is 87.6 cm³/mol. The van der Waals surface area contributed by atoms with Crippen molar-refractivity contribution in [2.24, 2.45) is 0 Å². The van der Waals surface area contributed by atoms with Crippen LogP contribution >= 0.6 is 23.4 Å². The van der Waals surface area contributed by atoms with Crippen LogP contribution in [0.5, 0.6) is 0 Å². The molecule has 0 unspecified atom stereocenters. The largest absolute Gasteiger partial charge is 0.465 e. The number of carbonyl (C=O) groups is 1. The summed E-state index contributed by atoms with van der Waals surface area (Å²) < 4.78 is 12.1. The van der Waals surface area contributed by atoms with E-state index >= 15 is 0 Å². The van der Waals surface area contributed by atoms with Crippen LogP contribution in [0.1, 0.15) is 6.42 Å². The third-order valence-corrected chi connectivity index (χ3v) is 4.95. The van der Waals surface area contributed by atoms with Crippen molar-refractivity contribution in [3.63, 3.8) is 0 Å². The summed E-state index contributed by atoms with van der Waals surface area (Å²) in [5.41, 5.74) is 0.916. The lowest BCUT2D eigenvalue weighted by molar-refractivity contribution is -0.137. The molecule has 0 aliphatic carbocycles. The van der Waals surface area contributed by atoms with Gasteiger partial charge < -0.3 is 9.47 Å². The lowest BCUT2D eigenvalue weighted by Crippen LogP contribution is -2.13. The van der Waals surface area contributed by atoms with Gasteiger partial charge in [-0.2, -0.15) is 0 Å². The molecule has 1 aromatic heterocycles. The van der Waals surface area contributed by atoms with E-state index in [4.69, 9.17) is 21.1 Å². The molecular weight excluding hydrogens is 338 g/mol. The molecule has 1 aliphatic rings. The first-order valence-electron chi connectivity index (χ1n) is 7.20. The van der Waals surface area contributed by atoms with Crippen LogP contribution in [-0.2, 0) is 20.8 Å². The molecular formula is C15H16ClN3O3S. The number of nitrogens with zero attached hydrogens (tertiary/aromatic N) is 3. The fraction of sp³-hybridized carbons (Fsp3) is 0.400. The Kier molecular flexibility index (Phi) is 5.20. The van der Waals surface area contributed by atoms with Gasteiger partial charge in [0.15, 0.2) is 11.0 Å². The smallest absolute Gasteiger partial charge is 0.319 e. The van der Waals surface area contributed by atoms with Crippen molar-refractivity contribution in [3.8, 4) is 11.4 Å². The number of benzene rings is 1. The summed E-state index contributed by atoms with van der Waals surface area (Å²) >= 11 is 7.33. The number of cyclic esters (lactones) is 1. The van der Waals surface area contributed by atoms with Crippen LogP contribution in [0.15, 0.2) is 29.4 Å². The van der Waals surface area contributed by atoms with E-state index in [9.17, 15) is 4.79 Å². The SMILES string of the molecule is COCCn1c(S[C@@H]2CCOC2=O)nnc1-c1ccc(Cl)cc1. The van der Waals surface area contributed by atoms with E-state index in [0.717, 1.165) is 11.4 Å². The van der Waals surface area contributed by atoms with Gasteiger partial charge in [0, 0.05) is 24.1 Å². The molecule has 2 aromatic rings. The van der Waals surface area contributed by atoms with Crippen LogP contribution in [0.25, 0.3) is 11.4 Å². The second kappa shape index (κ2) is 7.33. The van der Waals surface area contributed by atoms with Gasteiger partial charge in [0.1, 0.15) is 5.25 Å². The maximum atomic E-state index is 11.7. The zero-order valence-electron chi connectivity index (χ0n) is 12.6. The molecule has 2 heterocycles. The summed E-state index contributed by atoms with van der Waals surface area (Å²) in [7, 11) is 1.65. The first-order chi connectivity index (χ1) is 11.2. The number of esters is 1. The highest BCUT2D eigenvalue weighted by molar-refractivity contribution is 8.00. The molecule has 8 heteroatoms. The zero-order valence-corrected chi connectivity index (χ0v) is 14.1. The van der Waals surface area contributed by atoms with E-state index in [1.165, 1.54) is 11.8 Å². The summed E-state index contributed by atoms with van der Waals surface area (Å²) in [5.74, 6) is 0.539. The van der Waals surface area contributed by atoms with E-state index in [1.807, 2.05) is 28.8 Å². The highest BCUT2D eigenvalue weighted by atomic mass is 35.5. The van der Waals surface area contributed by atoms with Gasteiger partial charge in [0.05, 0.1) is 19.8 Å². The molecule has 0 amide bonds. The number of methoxy groups -OCH3 is 1. The summed E-state index contributed by atoms with van der Waals surface area (Å²) in [4.78, 5) is 11.7. The van der Waals surface area contributed by atoms with Crippen molar-refractivity contribution in [1.82, 2.24) is 14.8 Å². The number of halogens is 1. The molecule has 1 aliphatic heterocycles. The average Bonchev–Trinajstić information content (AvgIpc) is 3.13. The van der Waals surface area contributed by atoms with Crippen molar-refractivity contribution in [3.05, 3.63) is 29.3 Å². The number of ether oxygens (including phenoxy) is 2. The maximum Gasteiger partial charge on any atom is 0.319 e. The number of thioether (sulfide) groups is 1. The Bertz CT molecular complexity index is 690. The van der Waals surface area contributed by atoms with Gasteiger partial charge in [-0.25, -0.2) is 0 Å². The summed E-state index contributed by atoms with van der Waals surface area (Å²) in [5, 5.41) is 9.66. The summed E-state index contributed by atoms with van der Waals surface area (Å²) in [6.45, 7) is 1.60. The van der Waals surface area contributed by atoms with E-state index in [2.05, 4.69) is 10.2 Å². The van der Waals surface area contributed by atoms with Crippen molar-refractivity contribution < 1.29 is 14.3 Å². The number of hydrogen-bond donors (Lipinski definition) is 0. The number of carbonyl (C=O) groups excluding carboxylic acids is 1. The van der Waals surface area contributed by atoms with Crippen molar-refractivity contribution in [2.45, 2.75) is 23.4 Å². The van der Waals surface area contributed by atoms with Crippen LogP contribution < -0.4 is 0 Å². The minimum absolute atomic E-state index is 0.190. The minimum Gasteiger partial charge on any atom is -0.465 e. The first kappa shape index (κ1) is 16.3. The normalized spacial score (nSPS) is 17.5. The number of rotatable bonds is 6. The third-order valence-electron chi connectivity index (χ3n) is 3.47. The van der Waals surface area contributed by atoms with Crippen LogP contribution in [0.2, 0.25) is 5.02 Å². The Morgan fingerprint density at radius 1 is 1.39 bits per heavy atom. The molecule has 0 spiro atoms. The highest BCUT2D eigenvalue weighted by Crippen LogP contribution is 2.31. The van der Waals surface area contributed by atoms with Gasteiger partial charge in [-0.1, -0.05) is 23.4 Å². The van der Waals surface area contributed by atoms with Gasteiger partial charge in [0.2, 0.25) is 0 Å². The van der Waals surface area contributed by atoms with Crippen molar-refractivity contribution in [1.29, 1.82) is 0 Å². The Balaban J connectivity index is 1.90. The standard InChI is InChI=1S/C15H16ClN3O3S/c1-21-9-7-19-13(10-2-4-11(16)5-3-10)17-18-15(19)23-12-6-8-22-14(12)20/h2-5,12H,6-9H2,1H3/t12-/m1/s1. The zero-order chi connectivity index (χ0) is 16.2. The fourth-order valence-corrected chi connectivity index (χ4v) is 3.44. The quantitative estimate of drug-likeness (QED) is 0.744. The number of hydrogen-bond acceptors (Lipinski definition) is 6. The number of aromatic nitrogens is 3. The van der Waals surface area contributed by atoms with Crippen LogP contribution in [0.4, 0.5) is 0 Å². The van der Waals surface area contributed by atoms with E-state index in [0.29, 0.717) is 36.4 Å². The lowest BCUT2D eigenvalue weighted by atomic mass is 10.2. The Morgan fingerprint density at radius 2 is 2.17 bits per heavy atom. The molecule has 0 N–H and O–H groups in total. The summed E-state index contributed by atoms with van der Waals surface area (Å²) in [6.07, 6.45) is 0.691. The predicted octanol–water partition coefficient (Wildman–Crippen LogP) is 2.65. The van der Waals surface area contributed by atoms with Crippen LogP contribution in [-0.4, -0.2) is 46.3 Å². The van der Waals surface area contributed by atoms with Crippen LogP contribution in [0, 0.1) is 0 Å². The Hall–Kier alpha value is -1.57. The molecule has 3 rings (SSSR count). The first-order valence-corrected chi connectivity index (χ1v) is 8.46. The molecule has 6 nitrogen and oxygen atoms in total. The minimum atomic E-state index is -0.224. The maximum absolute atomic E-state index is 11.7. The third kappa shape index (κ3) is 3.68. The molecule has 1 aromatic carbocycles. The van der Waals surface area contributed by atoms with Gasteiger partial charge in [0.25, 0.3) is 0 Å². The summed E-state index contributed by atoms with van der Waals surface area (Å²) in [6, 6.07) is 7.42. The molecule has 122 valence electrons. The second-order valence-electron chi connectivity index (χ2n) is 5.02. The Morgan fingerprint density at radius 3 is 2.83 bits per heavy atom. The molecule has 0 radical (unpaired) electrons. The van der Waals surface area contributed by atoms with Crippen molar-refractivity contribution >= 4 is 29.3 Å². The van der Waals surface area contributed by atoms with Gasteiger partial charge in [-0.3, -0.25) is 9.36 Å². The highest BCUT2D eigenvalue weighted by Gasteiger charge is 2.30. The van der Waals surface area contributed by atoms with E-state index < -0.39 is 0 Å². The van der Waals surface area contributed by atoms with Crippen LogP contribution in [0.3, 0.4) is 0 Å². The molecule has 1 fully saturated rings. The van der Waals surface area contributed by atoms with Gasteiger partial charge in [-0.15, -0.1) is 10.2 Å². The van der Waals surface area contributed by atoms with E-state index in [1.54, 1.807) is 7.11 Å². The molecule has 0 saturated carbocycles. The molecule has 23 heavy (non-hydrogen) atoms. The topological polar surface area (TPSA) is 66.2 Å². The molecule has 1 saturated heterocycles. The fourth-order valence-electron chi connectivity index (χ4n) is 2.28. The Labute approximate surface area is 143 Å². The molecule has 0 bridgehead atoms. The van der Waals surface area contributed by atoms with E-state index in [-0.39, 0.29) is 11.2 Å². The van der Waals surface area contributed by atoms with Crippen molar-refractivity contribution in [2.75, 3.05) is 20.3 Å². The monoisotopic (exact) mass is 353 g/mol. The average molecular weight is 354 g/mol. The van der Waals surface area contributed by atoms with Gasteiger partial charge in [-0.05, 0) is 24.3 Å². The second-order valence-corrected chi connectivity index (χ2v) is 6.63. The van der Waals surface area contributed by atoms with Gasteiger partial charge >= 0.3 is 5.97 Å².